The number of anilines is 1. The third-order valence-corrected chi connectivity index (χ3v) is 4.25. The summed E-state index contributed by atoms with van der Waals surface area (Å²) in [6.07, 6.45) is 4.94. The monoisotopic (exact) mass is 301 g/mol. The first kappa shape index (κ1) is 14.1. The smallest absolute Gasteiger partial charge is 0.103 e. The van der Waals surface area contributed by atoms with E-state index in [2.05, 4.69) is 16.4 Å². The Balaban J connectivity index is 1.99. The largest absolute Gasteiger partial charge is 0.381 e. The molecule has 1 N–H and O–H groups in total. The highest BCUT2D eigenvalue weighted by Gasteiger charge is 2.25. The first-order valence-corrected chi connectivity index (χ1v) is 7.36. The molecule has 2 unspecified atom stereocenters. The van der Waals surface area contributed by atoms with Crippen molar-refractivity contribution in [2.75, 3.05) is 12.4 Å². The van der Waals surface area contributed by atoms with E-state index in [1.165, 1.54) is 0 Å². The van der Waals surface area contributed by atoms with Crippen LogP contribution in [-0.2, 0) is 4.74 Å². The van der Waals surface area contributed by atoms with Crippen molar-refractivity contribution in [1.29, 1.82) is 5.26 Å². The second-order valence-corrected chi connectivity index (χ2v) is 5.77. The summed E-state index contributed by atoms with van der Waals surface area (Å²) in [5.74, 6) is 0. The van der Waals surface area contributed by atoms with Crippen LogP contribution in [0, 0.1) is 11.3 Å². The first-order chi connectivity index (χ1) is 10.2. The fourth-order valence-electron chi connectivity index (χ4n) is 2.89. The lowest BCUT2D eigenvalue weighted by Crippen LogP contribution is -2.18. The van der Waals surface area contributed by atoms with Crippen molar-refractivity contribution in [3.8, 4) is 6.07 Å². The Kier molecular flexibility index (Phi) is 3.96. The molecule has 0 saturated heterocycles. The maximum absolute atomic E-state index is 9.33. The molecule has 0 aliphatic heterocycles. The van der Waals surface area contributed by atoms with Crippen LogP contribution in [0.5, 0.6) is 0 Å². The van der Waals surface area contributed by atoms with Crippen LogP contribution >= 0.6 is 11.6 Å². The minimum Gasteiger partial charge on any atom is -0.381 e. The predicted molar refractivity (Wildman–Crippen MR) is 83.5 cm³/mol. The number of rotatable bonds is 3. The number of fused-ring (bicyclic) bond motifs is 1. The molecular formula is C16H16ClN3O. The molecule has 1 fully saturated rings. The zero-order chi connectivity index (χ0) is 14.8. The maximum atomic E-state index is 9.33. The van der Waals surface area contributed by atoms with E-state index in [1.54, 1.807) is 13.3 Å². The molecule has 1 saturated carbocycles. The van der Waals surface area contributed by atoms with Crippen molar-refractivity contribution in [3.05, 3.63) is 35.0 Å². The van der Waals surface area contributed by atoms with E-state index >= 15 is 0 Å². The van der Waals surface area contributed by atoms with E-state index < -0.39 is 0 Å². The van der Waals surface area contributed by atoms with Crippen molar-refractivity contribution in [2.24, 2.45) is 0 Å². The van der Waals surface area contributed by atoms with Crippen molar-refractivity contribution in [3.63, 3.8) is 0 Å². The predicted octanol–water partition coefficient (Wildman–Crippen LogP) is 3.74. The Labute approximate surface area is 128 Å². The van der Waals surface area contributed by atoms with Crippen LogP contribution in [0.2, 0.25) is 5.02 Å². The second-order valence-electron chi connectivity index (χ2n) is 5.33. The number of nitrogens with one attached hydrogen (secondary N) is 1. The Morgan fingerprint density at radius 2 is 2.29 bits per heavy atom. The Morgan fingerprint density at radius 1 is 1.43 bits per heavy atom. The SMILES string of the molecule is COC1CCC(Nc2c(C#N)cnc3ccc(Cl)cc23)C1. The highest BCUT2D eigenvalue weighted by Crippen LogP contribution is 2.32. The standard InChI is InChI=1S/C16H16ClN3O/c1-21-13-4-3-12(7-13)20-16-10(8-18)9-19-15-5-2-11(17)6-14(15)16/h2,5-6,9,12-13H,3-4,7H2,1H3,(H,19,20). The summed E-state index contributed by atoms with van der Waals surface area (Å²) in [7, 11) is 1.75. The lowest BCUT2D eigenvalue weighted by atomic mass is 10.1. The van der Waals surface area contributed by atoms with Crippen molar-refractivity contribution in [2.45, 2.75) is 31.4 Å². The number of methoxy groups -OCH3 is 1. The molecule has 2 atom stereocenters. The van der Waals surface area contributed by atoms with E-state index in [0.29, 0.717) is 22.7 Å². The molecule has 1 aromatic heterocycles. The first-order valence-electron chi connectivity index (χ1n) is 6.99. The molecule has 1 aliphatic rings. The van der Waals surface area contributed by atoms with E-state index in [4.69, 9.17) is 16.3 Å². The molecule has 21 heavy (non-hydrogen) atoms. The summed E-state index contributed by atoms with van der Waals surface area (Å²) in [5, 5.41) is 14.4. The van der Waals surface area contributed by atoms with Crippen LogP contribution in [0.3, 0.4) is 0 Å². The van der Waals surface area contributed by atoms with Crippen LogP contribution in [0.4, 0.5) is 5.69 Å². The van der Waals surface area contributed by atoms with E-state index in [-0.39, 0.29) is 0 Å². The normalized spacial score (nSPS) is 21.4. The fourth-order valence-corrected chi connectivity index (χ4v) is 3.07. The van der Waals surface area contributed by atoms with Gasteiger partial charge in [-0.3, -0.25) is 4.98 Å². The molecule has 0 bridgehead atoms. The number of pyridine rings is 1. The zero-order valence-electron chi connectivity index (χ0n) is 11.8. The number of halogens is 1. The summed E-state index contributed by atoms with van der Waals surface area (Å²) in [4.78, 5) is 4.31. The lowest BCUT2D eigenvalue weighted by Gasteiger charge is -2.17. The van der Waals surface area contributed by atoms with Crippen molar-refractivity contribution in [1.82, 2.24) is 4.98 Å². The van der Waals surface area contributed by atoms with Gasteiger partial charge in [0.05, 0.1) is 22.9 Å². The molecule has 2 aromatic rings. The number of nitriles is 1. The third-order valence-electron chi connectivity index (χ3n) is 4.02. The second kappa shape index (κ2) is 5.88. The summed E-state index contributed by atoms with van der Waals surface area (Å²) >= 11 is 6.09. The summed E-state index contributed by atoms with van der Waals surface area (Å²) in [6.45, 7) is 0. The number of hydrogen-bond donors (Lipinski definition) is 1. The van der Waals surface area contributed by atoms with Gasteiger partial charge in [0.15, 0.2) is 0 Å². The van der Waals surface area contributed by atoms with Crippen molar-refractivity contribution >= 4 is 28.2 Å². The van der Waals surface area contributed by atoms with Gasteiger partial charge in [0.1, 0.15) is 6.07 Å². The van der Waals surface area contributed by atoms with Gasteiger partial charge in [0.25, 0.3) is 0 Å². The minimum absolute atomic E-state index is 0.296. The number of aromatic nitrogens is 1. The average molecular weight is 302 g/mol. The molecule has 0 amide bonds. The Bertz CT molecular complexity index is 710. The number of benzene rings is 1. The van der Waals surface area contributed by atoms with Crippen LogP contribution < -0.4 is 5.32 Å². The highest BCUT2D eigenvalue weighted by atomic mass is 35.5. The van der Waals surface area contributed by atoms with Gasteiger partial charge in [-0.2, -0.15) is 5.26 Å². The van der Waals surface area contributed by atoms with Gasteiger partial charge >= 0.3 is 0 Å². The molecule has 3 rings (SSSR count). The molecule has 1 heterocycles. The fraction of sp³-hybridized carbons (Fsp3) is 0.375. The number of nitrogens with zero attached hydrogens (tertiary/aromatic N) is 2. The van der Waals surface area contributed by atoms with Crippen LogP contribution in [0.1, 0.15) is 24.8 Å². The Hall–Kier alpha value is -1.83. The van der Waals surface area contributed by atoms with Crippen LogP contribution in [0.25, 0.3) is 10.9 Å². The van der Waals surface area contributed by atoms with Gasteiger partial charge < -0.3 is 10.1 Å². The topological polar surface area (TPSA) is 57.9 Å². The summed E-state index contributed by atoms with van der Waals surface area (Å²) < 4.78 is 5.40. The number of ether oxygens (including phenoxy) is 1. The lowest BCUT2D eigenvalue weighted by molar-refractivity contribution is 0.108. The van der Waals surface area contributed by atoms with Gasteiger partial charge in [-0.05, 0) is 37.5 Å². The summed E-state index contributed by atoms with van der Waals surface area (Å²) in [6, 6.07) is 8.06. The van der Waals surface area contributed by atoms with Gasteiger partial charge in [-0.25, -0.2) is 0 Å². The molecule has 4 nitrogen and oxygen atoms in total. The molecule has 1 aromatic carbocycles. The molecule has 0 radical (unpaired) electrons. The van der Waals surface area contributed by atoms with Gasteiger partial charge in [0.2, 0.25) is 0 Å². The van der Waals surface area contributed by atoms with Crippen molar-refractivity contribution < 1.29 is 4.74 Å². The quantitative estimate of drug-likeness (QED) is 0.938. The molecule has 108 valence electrons. The zero-order valence-corrected chi connectivity index (χ0v) is 12.5. The van der Waals surface area contributed by atoms with Gasteiger partial charge in [-0.15, -0.1) is 0 Å². The van der Waals surface area contributed by atoms with Gasteiger partial charge in [0, 0.05) is 29.8 Å². The minimum atomic E-state index is 0.296. The molecule has 1 aliphatic carbocycles. The maximum Gasteiger partial charge on any atom is 0.103 e. The third kappa shape index (κ3) is 2.80. The van der Waals surface area contributed by atoms with Gasteiger partial charge in [-0.1, -0.05) is 11.6 Å². The van der Waals surface area contributed by atoms with Crippen LogP contribution in [0.15, 0.2) is 24.4 Å². The van der Waals surface area contributed by atoms with Crippen LogP contribution in [-0.4, -0.2) is 24.2 Å². The molecule has 0 spiro atoms. The number of hydrogen-bond acceptors (Lipinski definition) is 4. The average Bonchev–Trinajstić information content (AvgIpc) is 2.95. The van der Waals surface area contributed by atoms with E-state index in [1.807, 2.05) is 18.2 Å². The molecular weight excluding hydrogens is 286 g/mol. The Morgan fingerprint density at radius 3 is 3.00 bits per heavy atom. The highest BCUT2D eigenvalue weighted by molar-refractivity contribution is 6.31. The van der Waals surface area contributed by atoms with E-state index in [9.17, 15) is 5.26 Å². The summed E-state index contributed by atoms with van der Waals surface area (Å²) in [5.41, 5.74) is 2.21. The molecule has 5 heteroatoms. The van der Waals surface area contributed by atoms with E-state index in [0.717, 1.165) is 35.9 Å².